The molecule has 0 saturated carbocycles. The summed E-state index contributed by atoms with van der Waals surface area (Å²) in [6.07, 6.45) is 3.21. The summed E-state index contributed by atoms with van der Waals surface area (Å²) in [5.74, 6) is 1.09. The molecule has 0 radical (unpaired) electrons. The SMILES string of the molecule is CC/C=C(/C)O[Si](C)(C)C(C)(C)C. The van der Waals surface area contributed by atoms with E-state index in [4.69, 9.17) is 4.43 Å². The Morgan fingerprint density at radius 1 is 1.31 bits per heavy atom. The van der Waals surface area contributed by atoms with Crippen LogP contribution in [0.15, 0.2) is 11.8 Å². The molecule has 0 atom stereocenters. The van der Waals surface area contributed by atoms with E-state index in [9.17, 15) is 0 Å². The topological polar surface area (TPSA) is 9.23 Å². The third-order valence-corrected chi connectivity index (χ3v) is 7.16. The summed E-state index contributed by atoms with van der Waals surface area (Å²) in [4.78, 5) is 0. The maximum absolute atomic E-state index is 6.04. The Balaban J connectivity index is 4.43. The van der Waals surface area contributed by atoms with E-state index in [-0.39, 0.29) is 0 Å². The highest BCUT2D eigenvalue weighted by Gasteiger charge is 2.38. The molecule has 0 aromatic heterocycles. The van der Waals surface area contributed by atoms with Gasteiger partial charge in [0.15, 0.2) is 0 Å². The van der Waals surface area contributed by atoms with E-state index in [2.05, 4.69) is 53.8 Å². The zero-order chi connectivity index (χ0) is 10.7. The van der Waals surface area contributed by atoms with E-state index in [1.54, 1.807) is 0 Å². The molecule has 0 saturated heterocycles. The monoisotopic (exact) mass is 200 g/mol. The van der Waals surface area contributed by atoms with E-state index in [0.29, 0.717) is 5.04 Å². The van der Waals surface area contributed by atoms with Crippen molar-refractivity contribution in [3.8, 4) is 0 Å². The summed E-state index contributed by atoms with van der Waals surface area (Å²) in [5.41, 5.74) is 0. The van der Waals surface area contributed by atoms with Gasteiger partial charge in [-0.1, -0.05) is 27.7 Å². The van der Waals surface area contributed by atoms with Crippen molar-refractivity contribution < 1.29 is 4.43 Å². The molecule has 0 N–H and O–H groups in total. The predicted octanol–water partition coefficient (Wildman–Crippen LogP) is 4.32. The second-order valence-corrected chi connectivity index (χ2v) is 9.81. The van der Waals surface area contributed by atoms with E-state index < -0.39 is 8.32 Å². The fourth-order valence-electron chi connectivity index (χ4n) is 0.885. The molecule has 0 bridgehead atoms. The van der Waals surface area contributed by atoms with Crippen LogP contribution in [0.25, 0.3) is 0 Å². The molecule has 0 aromatic rings. The van der Waals surface area contributed by atoms with Gasteiger partial charge in [-0.2, -0.15) is 0 Å². The van der Waals surface area contributed by atoms with Crippen molar-refractivity contribution >= 4 is 8.32 Å². The van der Waals surface area contributed by atoms with Crippen molar-refractivity contribution in [2.75, 3.05) is 0 Å². The van der Waals surface area contributed by atoms with Gasteiger partial charge in [-0.15, -0.1) is 0 Å². The second-order valence-electron chi connectivity index (χ2n) is 5.09. The molecule has 78 valence electrons. The first-order chi connectivity index (χ1) is 5.70. The van der Waals surface area contributed by atoms with E-state index in [1.165, 1.54) is 0 Å². The molecule has 13 heavy (non-hydrogen) atoms. The molecule has 0 amide bonds. The van der Waals surface area contributed by atoms with Crippen molar-refractivity contribution in [3.05, 3.63) is 11.8 Å². The first-order valence-corrected chi connectivity index (χ1v) is 7.97. The quantitative estimate of drug-likeness (QED) is 0.487. The Morgan fingerprint density at radius 2 is 1.77 bits per heavy atom. The van der Waals surface area contributed by atoms with Gasteiger partial charge in [0.1, 0.15) is 0 Å². The minimum absolute atomic E-state index is 0.301. The van der Waals surface area contributed by atoms with Gasteiger partial charge in [-0.05, 0) is 37.6 Å². The van der Waals surface area contributed by atoms with Crippen LogP contribution in [0.3, 0.4) is 0 Å². The minimum Gasteiger partial charge on any atom is -0.547 e. The van der Waals surface area contributed by atoms with Crippen LogP contribution in [0, 0.1) is 0 Å². The summed E-state index contributed by atoms with van der Waals surface area (Å²) < 4.78 is 6.04. The van der Waals surface area contributed by atoms with Gasteiger partial charge >= 0.3 is 0 Å². The number of hydrogen-bond acceptors (Lipinski definition) is 1. The highest BCUT2D eigenvalue weighted by molar-refractivity contribution is 6.74. The molecule has 0 aromatic carbocycles. The van der Waals surface area contributed by atoms with Crippen molar-refractivity contribution in [1.82, 2.24) is 0 Å². The number of rotatable bonds is 3. The molecule has 0 aliphatic carbocycles. The molecule has 0 aliphatic rings. The Kier molecular flexibility index (Phi) is 4.23. The first-order valence-electron chi connectivity index (χ1n) is 5.06. The fraction of sp³-hybridized carbons (Fsp3) is 0.818. The van der Waals surface area contributed by atoms with Crippen LogP contribution in [-0.2, 0) is 4.43 Å². The zero-order valence-corrected chi connectivity index (χ0v) is 11.2. The van der Waals surface area contributed by atoms with Crippen LogP contribution in [0.1, 0.15) is 41.0 Å². The van der Waals surface area contributed by atoms with Gasteiger partial charge in [0.2, 0.25) is 8.32 Å². The van der Waals surface area contributed by atoms with Gasteiger partial charge in [0.05, 0.1) is 5.76 Å². The van der Waals surface area contributed by atoms with E-state index >= 15 is 0 Å². The van der Waals surface area contributed by atoms with Crippen LogP contribution in [0.5, 0.6) is 0 Å². The summed E-state index contributed by atoms with van der Waals surface area (Å²) in [6, 6.07) is 0. The smallest absolute Gasteiger partial charge is 0.250 e. The molecule has 0 aliphatic heterocycles. The van der Waals surface area contributed by atoms with Crippen molar-refractivity contribution in [3.63, 3.8) is 0 Å². The van der Waals surface area contributed by atoms with Gasteiger partial charge in [-0.3, -0.25) is 0 Å². The van der Waals surface area contributed by atoms with E-state index in [0.717, 1.165) is 12.2 Å². The highest BCUT2D eigenvalue weighted by atomic mass is 28.4. The van der Waals surface area contributed by atoms with Crippen LogP contribution in [0.2, 0.25) is 18.1 Å². The Morgan fingerprint density at radius 3 is 2.08 bits per heavy atom. The zero-order valence-electron chi connectivity index (χ0n) is 10.2. The van der Waals surface area contributed by atoms with Gasteiger partial charge < -0.3 is 4.43 Å². The van der Waals surface area contributed by atoms with Crippen LogP contribution < -0.4 is 0 Å². The fourth-order valence-corrected chi connectivity index (χ4v) is 2.08. The third kappa shape index (κ3) is 3.99. The largest absolute Gasteiger partial charge is 0.547 e. The lowest BCUT2D eigenvalue weighted by atomic mass is 10.2. The van der Waals surface area contributed by atoms with Crippen LogP contribution >= 0.6 is 0 Å². The maximum atomic E-state index is 6.04. The summed E-state index contributed by atoms with van der Waals surface area (Å²) in [7, 11) is -1.57. The molecular formula is C11H24OSi. The average molecular weight is 200 g/mol. The Bertz CT molecular complexity index is 187. The van der Waals surface area contributed by atoms with E-state index in [1.807, 2.05) is 0 Å². The van der Waals surface area contributed by atoms with Gasteiger partial charge in [0, 0.05) is 0 Å². The Hall–Kier alpha value is -0.243. The minimum atomic E-state index is -1.57. The average Bonchev–Trinajstić information content (AvgIpc) is 1.83. The molecule has 0 fully saturated rings. The second kappa shape index (κ2) is 4.31. The number of allylic oxidation sites excluding steroid dienone is 2. The lowest BCUT2D eigenvalue weighted by Gasteiger charge is -2.36. The molecule has 0 unspecified atom stereocenters. The lowest BCUT2D eigenvalue weighted by molar-refractivity contribution is 0.384. The van der Waals surface area contributed by atoms with Crippen molar-refractivity contribution in [2.24, 2.45) is 0 Å². The molecule has 0 rings (SSSR count). The van der Waals surface area contributed by atoms with Crippen LogP contribution in [-0.4, -0.2) is 8.32 Å². The number of hydrogen-bond donors (Lipinski definition) is 0. The standard InChI is InChI=1S/C11H24OSi/c1-8-9-10(2)12-13(6,7)11(3,4)5/h9H,8H2,1-7H3/b10-9-. The summed E-state index contributed by atoms with van der Waals surface area (Å²) in [5, 5.41) is 0.301. The molecular weight excluding hydrogens is 176 g/mol. The predicted molar refractivity (Wildman–Crippen MR) is 62.3 cm³/mol. The van der Waals surface area contributed by atoms with Crippen LogP contribution in [0.4, 0.5) is 0 Å². The lowest BCUT2D eigenvalue weighted by Crippen LogP contribution is -2.40. The summed E-state index contributed by atoms with van der Waals surface area (Å²) in [6.45, 7) is 15.5. The van der Waals surface area contributed by atoms with Crippen molar-refractivity contribution in [2.45, 2.75) is 59.2 Å². The highest BCUT2D eigenvalue weighted by Crippen LogP contribution is 2.37. The first kappa shape index (κ1) is 12.8. The molecule has 0 spiro atoms. The van der Waals surface area contributed by atoms with Crippen molar-refractivity contribution in [1.29, 1.82) is 0 Å². The molecule has 1 nitrogen and oxygen atoms in total. The third-order valence-electron chi connectivity index (χ3n) is 2.71. The summed E-state index contributed by atoms with van der Waals surface area (Å²) >= 11 is 0. The molecule has 0 heterocycles. The molecule has 2 heteroatoms. The van der Waals surface area contributed by atoms with Gasteiger partial charge in [-0.25, -0.2) is 0 Å². The van der Waals surface area contributed by atoms with Gasteiger partial charge in [0.25, 0.3) is 0 Å². The maximum Gasteiger partial charge on any atom is 0.250 e. The Labute approximate surface area is 84.3 Å². The normalized spacial score (nSPS) is 14.5.